The van der Waals surface area contributed by atoms with Crippen LogP contribution in [0.4, 0.5) is 0 Å². The number of aliphatic hydroxyl groups excluding tert-OH is 1. The molecular weight excluding hydrogens is 402 g/mol. The SMILES string of the molecule is Cc1cc(SCCSc2cc[n+](CS(=O)(=O)N(C)C)cc2)cc[n+]1CCO. The van der Waals surface area contributed by atoms with Gasteiger partial charge in [-0.05, 0) is 0 Å². The number of aromatic nitrogens is 2. The molecule has 0 bridgehead atoms. The number of hydrogen-bond acceptors (Lipinski definition) is 5. The average molecular weight is 430 g/mol. The molecule has 1 N–H and O–H groups in total. The van der Waals surface area contributed by atoms with Crippen LogP contribution in [0.15, 0.2) is 52.6 Å². The van der Waals surface area contributed by atoms with E-state index in [1.807, 2.05) is 41.6 Å². The van der Waals surface area contributed by atoms with E-state index in [2.05, 4.69) is 12.1 Å². The Kier molecular flexibility index (Phi) is 8.56. The van der Waals surface area contributed by atoms with Crippen molar-refractivity contribution in [2.45, 2.75) is 29.1 Å². The van der Waals surface area contributed by atoms with Crippen LogP contribution >= 0.6 is 23.5 Å². The molecule has 0 spiro atoms. The number of nitrogens with zero attached hydrogens (tertiary/aromatic N) is 3. The molecule has 2 rings (SSSR count). The fourth-order valence-corrected chi connectivity index (χ4v) is 4.96. The zero-order chi connectivity index (χ0) is 19.9. The Morgan fingerprint density at radius 3 is 2.19 bits per heavy atom. The summed E-state index contributed by atoms with van der Waals surface area (Å²) < 4.78 is 28.7. The van der Waals surface area contributed by atoms with Gasteiger partial charge in [-0.15, -0.1) is 23.5 Å². The maximum Gasteiger partial charge on any atom is 0.274 e. The van der Waals surface area contributed by atoms with E-state index in [0.717, 1.165) is 22.1 Å². The monoisotopic (exact) mass is 429 g/mol. The molecule has 27 heavy (non-hydrogen) atoms. The average Bonchev–Trinajstić information content (AvgIpc) is 2.62. The van der Waals surface area contributed by atoms with Crippen molar-refractivity contribution < 1.29 is 22.7 Å². The Hall–Kier alpha value is -1.13. The fourth-order valence-electron chi connectivity index (χ4n) is 2.32. The molecule has 0 saturated carbocycles. The van der Waals surface area contributed by atoms with Crippen molar-refractivity contribution in [1.82, 2.24) is 4.31 Å². The normalized spacial score (nSPS) is 11.9. The van der Waals surface area contributed by atoms with Crippen molar-refractivity contribution in [3.05, 3.63) is 48.5 Å². The lowest BCUT2D eigenvalue weighted by atomic mass is 10.3. The smallest absolute Gasteiger partial charge is 0.274 e. The first-order valence-electron chi connectivity index (χ1n) is 8.57. The Morgan fingerprint density at radius 2 is 1.63 bits per heavy atom. The van der Waals surface area contributed by atoms with Crippen LogP contribution < -0.4 is 9.13 Å². The van der Waals surface area contributed by atoms with Crippen molar-refractivity contribution in [3.8, 4) is 0 Å². The summed E-state index contributed by atoms with van der Waals surface area (Å²) in [6, 6.07) is 8.12. The van der Waals surface area contributed by atoms with Gasteiger partial charge in [0.15, 0.2) is 30.8 Å². The van der Waals surface area contributed by atoms with Gasteiger partial charge in [-0.3, -0.25) is 0 Å². The first-order valence-corrected chi connectivity index (χ1v) is 12.2. The number of thioether (sulfide) groups is 2. The molecule has 0 aliphatic carbocycles. The van der Waals surface area contributed by atoms with Gasteiger partial charge in [-0.25, -0.2) is 17.3 Å². The summed E-state index contributed by atoms with van der Waals surface area (Å²) in [5, 5.41) is 9.03. The van der Waals surface area contributed by atoms with Crippen molar-refractivity contribution in [1.29, 1.82) is 0 Å². The quantitative estimate of drug-likeness (QED) is 0.350. The molecule has 2 heterocycles. The van der Waals surface area contributed by atoms with E-state index in [9.17, 15) is 8.42 Å². The second kappa shape index (κ2) is 10.4. The highest BCUT2D eigenvalue weighted by atomic mass is 32.2. The number of pyridine rings is 2. The molecule has 0 radical (unpaired) electrons. The Balaban J connectivity index is 1.80. The van der Waals surface area contributed by atoms with Crippen LogP contribution in [0.2, 0.25) is 0 Å². The van der Waals surface area contributed by atoms with Gasteiger partial charge in [0.2, 0.25) is 0 Å². The predicted molar refractivity (Wildman–Crippen MR) is 109 cm³/mol. The summed E-state index contributed by atoms with van der Waals surface area (Å²) >= 11 is 3.56. The molecule has 2 aromatic rings. The van der Waals surface area contributed by atoms with Gasteiger partial charge in [0.05, 0.1) is 0 Å². The maximum atomic E-state index is 11.9. The van der Waals surface area contributed by atoms with Gasteiger partial charge in [-0.2, -0.15) is 4.57 Å². The Bertz CT molecular complexity index is 841. The van der Waals surface area contributed by atoms with Gasteiger partial charge < -0.3 is 5.11 Å². The standard InChI is InChI=1S/C18H27N3O3S3/c1-16-14-18(6-9-21(16)10-11-22)26-13-12-25-17-4-7-20(8-5-17)15-27(23,24)19(2)3/h4-9,14,22H,10-13,15H2,1-3H3/q+2. The second-order valence-electron chi connectivity index (χ2n) is 6.19. The summed E-state index contributed by atoms with van der Waals surface area (Å²) in [7, 11) is -0.176. The van der Waals surface area contributed by atoms with Crippen molar-refractivity contribution in [2.24, 2.45) is 0 Å². The van der Waals surface area contributed by atoms with E-state index in [4.69, 9.17) is 5.11 Å². The van der Waals surface area contributed by atoms with Crippen molar-refractivity contribution in [2.75, 3.05) is 32.2 Å². The molecule has 0 saturated heterocycles. The van der Waals surface area contributed by atoms with E-state index >= 15 is 0 Å². The molecule has 0 unspecified atom stereocenters. The minimum absolute atomic E-state index is 0.0512. The minimum atomic E-state index is -3.26. The summed E-state index contributed by atoms with van der Waals surface area (Å²) in [6.07, 6.45) is 5.62. The molecule has 0 fully saturated rings. The van der Waals surface area contributed by atoms with Gasteiger partial charge in [0.1, 0.15) is 6.61 Å². The molecule has 0 aliphatic rings. The lowest BCUT2D eigenvalue weighted by Crippen LogP contribution is -2.41. The van der Waals surface area contributed by atoms with Crippen LogP contribution in [0.5, 0.6) is 0 Å². The van der Waals surface area contributed by atoms with Crippen molar-refractivity contribution in [3.63, 3.8) is 0 Å². The van der Waals surface area contributed by atoms with Gasteiger partial charge in [0, 0.05) is 66.6 Å². The number of sulfonamides is 1. The summed E-state index contributed by atoms with van der Waals surface area (Å²) in [5.74, 6) is 1.90. The van der Waals surface area contributed by atoms with E-state index < -0.39 is 10.0 Å². The second-order valence-corrected chi connectivity index (χ2v) is 10.7. The summed E-state index contributed by atoms with van der Waals surface area (Å²) in [4.78, 5) is 2.35. The summed E-state index contributed by atoms with van der Waals surface area (Å²) in [5.41, 5.74) is 1.14. The number of rotatable bonds is 10. The third kappa shape index (κ3) is 7.08. The molecule has 0 aromatic carbocycles. The predicted octanol–water partition coefficient (Wildman–Crippen LogP) is 1.30. The van der Waals surface area contributed by atoms with Crippen molar-refractivity contribution >= 4 is 33.5 Å². The molecular formula is C18H27N3O3S3+2. The molecule has 6 nitrogen and oxygen atoms in total. The zero-order valence-corrected chi connectivity index (χ0v) is 18.4. The van der Waals surface area contributed by atoms with E-state index in [1.54, 1.807) is 28.7 Å². The molecule has 2 aromatic heterocycles. The maximum absolute atomic E-state index is 11.9. The first kappa shape index (κ1) is 22.2. The first-order chi connectivity index (χ1) is 12.8. The van der Waals surface area contributed by atoms with Crippen LogP contribution in [0.3, 0.4) is 0 Å². The largest absolute Gasteiger partial charge is 0.390 e. The molecule has 9 heteroatoms. The van der Waals surface area contributed by atoms with Crippen LogP contribution in [0.25, 0.3) is 0 Å². The van der Waals surface area contributed by atoms with Crippen LogP contribution in [0.1, 0.15) is 5.69 Å². The van der Waals surface area contributed by atoms with Crippen LogP contribution in [0, 0.1) is 6.92 Å². The molecule has 0 amide bonds. The summed E-state index contributed by atoms with van der Waals surface area (Å²) in [6.45, 7) is 2.81. The molecule has 0 atom stereocenters. The topological polar surface area (TPSA) is 65.4 Å². The molecule has 148 valence electrons. The van der Waals surface area contributed by atoms with Crippen LogP contribution in [-0.4, -0.2) is 50.0 Å². The lowest BCUT2D eigenvalue weighted by Gasteiger charge is -2.08. The Morgan fingerprint density at radius 1 is 1.04 bits per heavy atom. The van der Waals surface area contributed by atoms with E-state index in [0.29, 0.717) is 6.54 Å². The third-order valence-electron chi connectivity index (χ3n) is 3.91. The van der Waals surface area contributed by atoms with Gasteiger partial charge in [-0.1, -0.05) is 0 Å². The highest BCUT2D eigenvalue weighted by molar-refractivity contribution is 8.03. The minimum Gasteiger partial charge on any atom is -0.390 e. The number of aliphatic hydroxyl groups is 1. The number of hydrogen-bond donors (Lipinski definition) is 1. The third-order valence-corrected chi connectivity index (χ3v) is 7.92. The zero-order valence-electron chi connectivity index (χ0n) is 15.9. The van der Waals surface area contributed by atoms with Gasteiger partial charge >= 0.3 is 0 Å². The highest BCUT2D eigenvalue weighted by Crippen LogP contribution is 2.22. The van der Waals surface area contributed by atoms with E-state index in [1.165, 1.54) is 23.3 Å². The van der Waals surface area contributed by atoms with E-state index in [-0.39, 0.29) is 12.5 Å². The highest BCUT2D eigenvalue weighted by Gasteiger charge is 2.19. The molecule has 0 aliphatic heterocycles. The van der Waals surface area contributed by atoms with Crippen LogP contribution in [-0.2, 0) is 22.4 Å². The lowest BCUT2D eigenvalue weighted by molar-refractivity contribution is -0.704. The Labute approximate surface area is 170 Å². The number of aryl methyl sites for hydroxylation is 1. The van der Waals surface area contributed by atoms with Gasteiger partial charge in [0.25, 0.3) is 15.9 Å². The fraction of sp³-hybridized carbons (Fsp3) is 0.444.